The number of sulfonamides is 1. The molecule has 2 aromatic rings. The van der Waals surface area contributed by atoms with E-state index in [0.29, 0.717) is 55.2 Å². The lowest BCUT2D eigenvalue weighted by Crippen LogP contribution is -2.51. The van der Waals surface area contributed by atoms with Gasteiger partial charge in [-0.05, 0) is 45.2 Å². The lowest BCUT2D eigenvalue weighted by Gasteiger charge is -2.38. The Balaban J connectivity index is 1.33. The number of nitrogens with zero attached hydrogens (tertiary/aromatic N) is 4. The van der Waals surface area contributed by atoms with Gasteiger partial charge < -0.3 is 14.6 Å². The van der Waals surface area contributed by atoms with Crippen molar-refractivity contribution in [1.82, 2.24) is 19.3 Å². The van der Waals surface area contributed by atoms with Crippen LogP contribution < -0.4 is 9.47 Å². The third-order valence-electron chi connectivity index (χ3n) is 6.36. The Morgan fingerprint density at radius 2 is 1.87 bits per heavy atom. The number of hydrogen-bond donors (Lipinski definition) is 1. The van der Waals surface area contributed by atoms with Crippen LogP contribution in [0.4, 0.5) is 0 Å². The average molecular weight is 447 g/mol. The van der Waals surface area contributed by atoms with E-state index in [1.807, 2.05) is 19.9 Å². The number of aryl methyl sites for hydroxylation is 1. The number of fused-ring (bicyclic) bond motifs is 2. The molecule has 0 amide bonds. The predicted molar refractivity (Wildman–Crippen MR) is 111 cm³/mol. The lowest BCUT2D eigenvalue weighted by molar-refractivity contribution is 0.0645. The van der Waals surface area contributed by atoms with E-state index in [2.05, 4.69) is 15.0 Å². The highest BCUT2D eigenvalue weighted by Crippen LogP contribution is 2.44. The number of ether oxygens (including phenoxy) is 2. The van der Waals surface area contributed by atoms with E-state index >= 15 is 0 Å². The van der Waals surface area contributed by atoms with Crippen molar-refractivity contribution in [3.63, 3.8) is 0 Å². The fourth-order valence-electron chi connectivity index (χ4n) is 4.62. The molecular weight excluding hydrogens is 420 g/mol. The molecule has 5 rings (SSSR count). The molecule has 1 unspecified atom stereocenters. The molecule has 2 aromatic heterocycles. The van der Waals surface area contributed by atoms with Gasteiger partial charge in [0.15, 0.2) is 5.75 Å². The fourth-order valence-corrected chi connectivity index (χ4v) is 6.89. The summed E-state index contributed by atoms with van der Waals surface area (Å²) in [6.07, 6.45) is 5.04. The van der Waals surface area contributed by atoms with Crippen molar-refractivity contribution in [2.24, 2.45) is 0 Å². The zero-order valence-corrected chi connectivity index (χ0v) is 18.3. The third-order valence-corrected chi connectivity index (χ3v) is 8.83. The third kappa shape index (κ3) is 3.77. The van der Waals surface area contributed by atoms with Gasteiger partial charge in [0, 0.05) is 25.1 Å². The van der Waals surface area contributed by atoms with Crippen LogP contribution in [0.15, 0.2) is 24.7 Å². The first-order chi connectivity index (χ1) is 14.8. The number of aromatic nitrogens is 3. The van der Waals surface area contributed by atoms with Crippen LogP contribution in [-0.2, 0) is 10.0 Å². The second-order valence-corrected chi connectivity index (χ2v) is 10.7. The summed E-state index contributed by atoms with van der Waals surface area (Å²) in [7, 11) is -3.34. The second-order valence-electron chi connectivity index (χ2n) is 8.61. The maximum Gasteiger partial charge on any atom is 0.229 e. The Bertz CT molecular complexity index is 1090. The van der Waals surface area contributed by atoms with Crippen LogP contribution >= 0.6 is 0 Å². The quantitative estimate of drug-likeness (QED) is 0.718. The van der Waals surface area contributed by atoms with Crippen molar-refractivity contribution in [1.29, 1.82) is 0 Å². The van der Waals surface area contributed by atoms with E-state index in [4.69, 9.17) is 9.47 Å². The molecule has 1 N–H and O–H groups in total. The van der Waals surface area contributed by atoms with Crippen molar-refractivity contribution in [2.45, 2.75) is 75.5 Å². The molecule has 0 aromatic carbocycles. The molecule has 4 heterocycles. The number of rotatable bonds is 6. The number of piperidine rings is 1. The molecule has 0 spiro atoms. The Kier molecular flexibility index (Phi) is 5.10. The summed E-state index contributed by atoms with van der Waals surface area (Å²) in [6, 6.07) is 2.94. The van der Waals surface area contributed by atoms with Crippen LogP contribution in [0.5, 0.6) is 17.5 Å². The highest BCUT2D eigenvalue weighted by molar-refractivity contribution is 7.90. The lowest BCUT2D eigenvalue weighted by atomic mass is 10.0. The van der Waals surface area contributed by atoms with Crippen LogP contribution in [0.1, 0.15) is 43.4 Å². The zero-order chi connectivity index (χ0) is 21.8. The molecule has 0 radical (unpaired) electrons. The van der Waals surface area contributed by atoms with Crippen LogP contribution in [0.2, 0.25) is 0 Å². The summed E-state index contributed by atoms with van der Waals surface area (Å²) in [5.74, 6) is 1.40. The van der Waals surface area contributed by atoms with E-state index in [1.165, 1.54) is 6.33 Å². The van der Waals surface area contributed by atoms with Gasteiger partial charge in [0.25, 0.3) is 0 Å². The molecule has 10 heteroatoms. The molecule has 3 fully saturated rings. The van der Waals surface area contributed by atoms with E-state index < -0.39 is 22.2 Å². The van der Waals surface area contributed by atoms with Gasteiger partial charge in [-0.2, -0.15) is 4.31 Å². The predicted octanol–water partition coefficient (Wildman–Crippen LogP) is 2.12. The molecular formula is C21H26N4O5S. The van der Waals surface area contributed by atoms with Gasteiger partial charge in [0.2, 0.25) is 21.8 Å². The molecule has 3 aliphatic rings. The number of hydrogen-bond acceptors (Lipinski definition) is 8. The summed E-state index contributed by atoms with van der Waals surface area (Å²) in [6.45, 7) is 3.68. The van der Waals surface area contributed by atoms with Gasteiger partial charge in [0.05, 0.1) is 28.7 Å². The maximum atomic E-state index is 12.9. The summed E-state index contributed by atoms with van der Waals surface area (Å²) in [5.41, 5.74) is 1.41. The molecule has 1 saturated carbocycles. The average Bonchev–Trinajstić information content (AvgIpc) is 3.55. The first-order valence-corrected chi connectivity index (χ1v) is 12.1. The largest absolute Gasteiger partial charge is 0.474 e. The summed E-state index contributed by atoms with van der Waals surface area (Å²) >= 11 is 0. The maximum absolute atomic E-state index is 12.9. The van der Waals surface area contributed by atoms with Crippen LogP contribution in [0.3, 0.4) is 0 Å². The first-order valence-electron chi connectivity index (χ1n) is 10.6. The van der Waals surface area contributed by atoms with E-state index in [0.717, 1.165) is 5.69 Å². The fraction of sp³-hybridized carbons (Fsp3) is 0.571. The smallest absolute Gasteiger partial charge is 0.229 e. The molecule has 2 saturated heterocycles. The Hall–Kier alpha value is -2.30. The Morgan fingerprint density at radius 3 is 2.58 bits per heavy atom. The SMILES string of the molecule is Cc1ncccc1Oc1ncnc(O[C@H]2C[C@@H]3CC(O)[C@@H](C2)N3S(=O)(=O)C2CC2)c1C. The molecule has 2 bridgehead atoms. The van der Waals surface area contributed by atoms with Gasteiger partial charge in [-0.15, -0.1) is 0 Å². The van der Waals surface area contributed by atoms with Gasteiger partial charge in [0.1, 0.15) is 12.4 Å². The highest BCUT2D eigenvalue weighted by atomic mass is 32.2. The van der Waals surface area contributed by atoms with Gasteiger partial charge in [-0.3, -0.25) is 4.98 Å². The summed E-state index contributed by atoms with van der Waals surface area (Å²) in [4.78, 5) is 12.7. The van der Waals surface area contributed by atoms with Crippen molar-refractivity contribution in [2.75, 3.05) is 0 Å². The molecule has 1 aliphatic carbocycles. The van der Waals surface area contributed by atoms with Crippen molar-refractivity contribution in [3.8, 4) is 17.5 Å². The number of pyridine rings is 1. The zero-order valence-electron chi connectivity index (χ0n) is 17.5. The first kappa shape index (κ1) is 20.6. The standard InChI is InChI=1S/C21H26N4O5S/c1-12-20(23-11-24-21(12)30-19-4-3-7-22-13(19)2)29-15-8-14-9-18(26)17(10-15)25(14)31(27,28)16-5-6-16/h3-4,7,11,14-18,26H,5-6,8-10H2,1-2H3/t14-,15+,17-,18?/m1/s1. The van der Waals surface area contributed by atoms with Crippen molar-refractivity contribution in [3.05, 3.63) is 35.9 Å². The number of aliphatic hydroxyl groups is 1. The topological polar surface area (TPSA) is 115 Å². The van der Waals surface area contributed by atoms with Crippen LogP contribution in [-0.4, -0.2) is 62.3 Å². The normalized spacial score (nSPS) is 28.5. The van der Waals surface area contributed by atoms with Gasteiger partial charge >= 0.3 is 0 Å². The highest BCUT2D eigenvalue weighted by Gasteiger charge is 2.55. The van der Waals surface area contributed by atoms with Gasteiger partial charge in [-0.1, -0.05) is 0 Å². The summed E-state index contributed by atoms with van der Waals surface area (Å²) in [5, 5.41) is 10.2. The molecule has 31 heavy (non-hydrogen) atoms. The van der Waals surface area contributed by atoms with Crippen molar-refractivity contribution < 1.29 is 23.0 Å². The molecule has 9 nitrogen and oxygen atoms in total. The Labute approximate surface area is 181 Å². The van der Waals surface area contributed by atoms with Gasteiger partial charge in [-0.25, -0.2) is 18.4 Å². The minimum absolute atomic E-state index is 0.236. The van der Waals surface area contributed by atoms with Crippen molar-refractivity contribution >= 4 is 10.0 Å². The minimum atomic E-state index is -3.34. The number of aliphatic hydroxyl groups excluding tert-OH is 1. The molecule has 166 valence electrons. The summed E-state index contributed by atoms with van der Waals surface area (Å²) < 4.78 is 39.4. The van der Waals surface area contributed by atoms with E-state index in [1.54, 1.807) is 16.6 Å². The second kappa shape index (κ2) is 7.68. The molecule has 4 atom stereocenters. The Morgan fingerprint density at radius 1 is 1.10 bits per heavy atom. The van der Waals surface area contributed by atoms with E-state index in [9.17, 15) is 13.5 Å². The monoisotopic (exact) mass is 446 g/mol. The van der Waals surface area contributed by atoms with E-state index in [-0.39, 0.29) is 17.4 Å². The molecule has 2 aliphatic heterocycles. The minimum Gasteiger partial charge on any atom is -0.474 e. The van der Waals surface area contributed by atoms with Crippen LogP contribution in [0, 0.1) is 13.8 Å². The van der Waals surface area contributed by atoms with Crippen LogP contribution in [0.25, 0.3) is 0 Å².